The van der Waals surface area contributed by atoms with E-state index in [0.29, 0.717) is 11.3 Å². The minimum atomic E-state index is -0.204. The second-order valence-electron chi connectivity index (χ2n) is 7.01. The molecule has 3 unspecified atom stereocenters. The molecule has 114 valence electrons. The average molecular weight is 278 g/mol. The van der Waals surface area contributed by atoms with Crippen molar-refractivity contribution >= 4 is 5.97 Å². The monoisotopic (exact) mass is 278 g/mol. The quantitative estimate of drug-likeness (QED) is 0.531. The molecular formula is C18H30O2. The lowest BCUT2D eigenvalue weighted by atomic mass is 9.59. The van der Waals surface area contributed by atoms with Crippen molar-refractivity contribution < 1.29 is 9.53 Å². The number of esters is 1. The van der Waals surface area contributed by atoms with Crippen LogP contribution < -0.4 is 0 Å². The fraction of sp³-hybridized carbons (Fsp3) is 0.833. The minimum Gasteiger partial charge on any atom is -0.466 e. The van der Waals surface area contributed by atoms with Crippen LogP contribution in [-0.4, -0.2) is 13.1 Å². The third kappa shape index (κ3) is 3.86. The van der Waals surface area contributed by atoms with Crippen molar-refractivity contribution in [3.8, 4) is 0 Å². The molecule has 0 amide bonds. The van der Waals surface area contributed by atoms with Gasteiger partial charge in [0.2, 0.25) is 0 Å². The number of carbonyl (C=O) groups is 1. The van der Waals surface area contributed by atoms with Crippen LogP contribution in [0.1, 0.15) is 71.1 Å². The fourth-order valence-corrected chi connectivity index (χ4v) is 4.50. The molecule has 0 aromatic rings. The smallest absolute Gasteiger partial charge is 0.330 e. The van der Waals surface area contributed by atoms with Gasteiger partial charge in [-0.25, -0.2) is 4.79 Å². The summed E-state index contributed by atoms with van der Waals surface area (Å²) in [5.41, 5.74) is 0.461. The Labute approximate surface area is 124 Å². The number of ether oxygens (including phenoxy) is 1. The molecule has 20 heavy (non-hydrogen) atoms. The lowest BCUT2D eigenvalue weighted by Gasteiger charge is -2.46. The van der Waals surface area contributed by atoms with Crippen LogP contribution >= 0.6 is 0 Å². The van der Waals surface area contributed by atoms with Crippen LogP contribution in [0.15, 0.2) is 12.2 Å². The Bertz CT molecular complexity index is 347. The summed E-state index contributed by atoms with van der Waals surface area (Å²) in [5, 5.41) is 0. The van der Waals surface area contributed by atoms with E-state index in [-0.39, 0.29) is 5.97 Å². The molecule has 0 radical (unpaired) electrons. The average Bonchev–Trinajstić information content (AvgIpc) is 2.43. The van der Waals surface area contributed by atoms with Crippen molar-refractivity contribution in [3.63, 3.8) is 0 Å². The molecule has 2 rings (SSSR count). The zero-order chi connectivity index (χ0) is 14.4. The summed E-state index contributed by atoms with van der Waals surface area (Å²) in [4.78, 5) is 11.4. The minimum absolute atomic E-state index is 0.204. The summed E-state index contributed by atoms with van der Waals surface area (Å²) in [6, 6.07) is 0. The Balaban J connectivity index is 2.13. The molecule has 0 bridgehead atoms. The van der Waals surface area contributed by atoms with Crippen molar-refractivity contribution in [1.82, 2.24) is 0 Å². The van der Waals surface area contributed by atoms with Gasteiger partial charge in [0, 0.05) is 6.08 Å². The lowest BCUT2D eigenvalue weighted by molar-refractivity contribution is -0.134. The number of hydrogen-bond donors (Lipinski definition) is 0. The van der Waals surface area contributed by atoms with Crippen molar-refractivity contribution in [2.45, 2.75) is 71.1 Å². The van der Waals surface area contributed by atoms with Crippen LogP contribution in [0.5, 0.6) is 0 Å². The van der Waals surface area contributed by atoms with Gasteiger partial charge in [0.25, 0.3) is 0 Å². The molecular weight excluding hydrogens is 248 g/mol. The third-order valence-electron chi connectivity index (χ3n) is 5.52. The van der Waals surface area contributed by atoms with E-state index in [9.17, 15) is 4.79 Å². The lowest BCUT2D eigenvalue weighted by Crippen LogP contribution is -2.35. The number of allylic oxidation sites excluding steroid dienone is 1. The predicted molar refractivity (Wildman–Crippen MR) is 82.4 cm³/mol. The van der Waals surface area contributed by atoms with Crippen molar-refractivity contribution in [1.29, 1.82) is 0 Å². The fourth-order valence-electron chi connectivity index (χ4n) is 4.50. The van der Waals surface area contributed by atoms with E-state index < -0.39 is 0 Å². The number of methoxy groups -OCH3 is 1. The summed E-state index contributed by atoms with van der Waals surface area (Å²) >= 11 is 0. The molecule has 0 heterocycles. The first-order valence-corrected chi connectivity index (χ1v) is 8.42. The van der Waals surface area contributed by atoms with E-state index in [0.717, 1.165) is 5.92 Å². The van der Waals surface area contributed by atoms with E-state index in [1.165, 1.54) is 71.3 Å². The molecule has 2 saturated carbocycles. The maximum atomic E-state index is 11.4. The van der Waals surface area contributed by atoms with Gasteiger partial charge in [-0.15, -0.1) is 0 Å². The molecule has 3 atom stereocenters. The maximum Gasteiger partial charge on any atom is 0.330 e. The van der Waals surface area contributed by atoms with E-state index in [4.69, 9.17) is 4.74 Å². The molecule has 2 heteroatoms. The first-order valence-electron chi connectivity index (χ1n) is 8.42. The SMILES string of the molecule is COC(=O)/C=C/C1CCCCC12CCCCCC(C)C2. The molecule has 1 spiro atoms. The van der Waals surface area contributed by atoms with Crippen molar-refractivity contribution in [2.24, 2.45) is 17.3 Å². The molecule has 2 nitrogen and oxygen atoms in total. The van der Waals surface area contributed by atoms with Crippen molar-refractivity contribution in [3.05, 3.63) is 12.2 Å². The van der Waals surface area contributed by atoms with Crippen molar-refractivity contribution in [2.75, 3.05) is 7.11 Å². The molecule has 0 N–H and O–H groups in total. The van der Waals surface area contributed by atoms with Crippen LogP contribution in [0.3, 0.4) is 0 Å². The molecule has 2 aliphatic rings. The summed E-state index contributed by atoms with van der Waals surface area (Å²) in [5.74, 6) is 1.21. The van der Waals surface area contributed by atoms with Gasteiger partial charge in [0.15, 0.2) is 0 Å². The number of carbonyl (C=O) groups excluding carboxylic acids is 1. The first kappa shape index (κ1) is 15.6. The molecule has 2 fully saturated rings. The Morgan fingerprint density at radius 2 is 1.80 bits per heavy atom. The van der Waals surface area contributed by atoms with E-state index in [1.807, 2.05) is 0 Å². The summed E-state index contributed by atoms with van der Waals surface area (Å²) in [6.45, 7) is 2.42. The van der Waals surface area contributed by atoms with Crippen LogP contribution in [0.2, 0.25) is 0 Å². The van der Waals surface area contributed by atoms with Crippen LogP contribution in [0, 0.1) is 17.3 Å². The summed E-state index contributed by atoms with van der Waals surface area (Å²) in [6.07, 6.45) is 17.4. The van der Waals surface area contributed by atoms with Gasteiger partial charge in [0.1, 0.15) is 0 Å². The summed E-state index contributed by atoms with van der Waals surface area (Å²) < 4.78 is 4.76. The predicted octanol–water partition coefficient (Wildman–Crippen LogP) is 4.88. The van der Waals surface area contributed by atoms with E-state index >= 15 is 0 Å². The second-order valence-corrected chi connectivity index (χ2v) is 7.01. The second kappa shape index (κ2) is 7.28. The van der Waals surface area contributed by atoms with Gasteiger partial charge in [-0.1, -0.05) is 51.5 Å². The van der Waals surface area contributed by atoms with Gasteiger partial charge in [-0.2, -0.15) is 0 Å². The van der Waals surface area contributed by atoms with Gasteiger partial charge in [-0.05, 0) is 42.9 Å². The molecule has 0 saturated heterocycles. The molecule has 0 aromatic carbocycles. The van der Waals surface area contributed by atoms with Crippen LogP contribution in [0.4, 0.5) is 0 Å². The zero-order valence-electron chi connectivity index (χ0n) is 13.2. The highest BCUT2D eigenvalue weighted by Gasteiger charge is 2.40. The van der Waals surface area contributed by atoms with Crippen LogP contribution in [0.25, 0.3) is 0 Å². The number of hydrogen-bond acceptors (Lipinski definition) is 2. The zero-order valence-corrected chi connectivity index (χ0v) is 13.2. The molecule has 0 aromatic heterocycles. The molecule has 2 aliphatic carbocycles. The van der Waals surface area contributed by atoms with Gasteiger partial charge in [0.05, 0.1) is 7.11 Å². The largest absolute Gasteiger partial charge is 0.466 e. The molecule has 0 aliphatic heterocycles. The van der Waals surface area contributed by atoms with Gasteiger partial charge in [-0.3, -0.25) is 0 Å². The summed E-state index contributed by atoms with van der Waals surface area (Å²) in [7, 11) is 1.46. The Morgan fingerprint density at radius 1 is 1.10 bits per heavy atom. The standard InChI is InChI=1S/C18H30O2/c1-15-8-4-3-6-12-18(14-15)13-7-5-9-16(18)10-11-17(19)20-2/h10-11,15-16H,3-9,12-14H2,1-2H3/b11-10+. The Kier molecular flexibility index (Phi) is 5.68. The highest BCUT2D eigenvalue weighted by atomic mass is 16.5. The van der Waals surface area contributed by atoms with Gasteiger partial charge >= 0.3 is 5.97 Å². The normalized spacial score (nSPS) is 35.7. The third-order valence-corrected chi connectivity index (χ3v) is 5.52. The van der Waals surface area contributed by atoms with E-state index in [1.54, 1.807) is 6.08 Å². The maximum absolute atomic E-state index is 11.4. The Morgan fingerprint density at radius 3 is 2.55 bits per heavy atom. The van der Waals surface area contributed by atoms with E-state index in [2.05, 4.69) is 13.0 Å². The highest BCUT2D eigenvalue weighted by molar-refractivity contribution is 5.81. The Hall–Kier alpha value is -0.790. The van der Waals surface area contributed by atoms with Crippen LogP contribution in [-0.2, 0) is 9.53 Å². The topological polar surface area (TPSA) is 26.3 Å². The van der Waals surface area contributed by atoms with Gasteiger partial charge < -0.3 is 4.74 Å². The highest BCUT2D eigenvalue weighted by Crippen LogP contribution is 2.51. The number of rotatable bonds is 2. The first-order chi connectivity index (χ1) is 9.66.